The fourth-order valence-corrected chi connectivity index (χ4v) is 1.02. The van der Waals surface area contributed by atoms with E-state index in [1.165, 1.54) is 16.9 Å². The van der Waals surface area contributed by atoms with Gasteiger partial charge < -0.3 is 5.11 Å². The maximum Gasteiger partial charge on any atom is 0.319 e. The number of thioether (sulfide) groups is 1. The third kappa shape index (κ3) is 2.24. The average Bonchev–Trinajstić information content (AvgIpc) is 2.34. The van der Waals surface area contributed by atoms with Crippen molar-refractivity contribution in [1.29, 1.82) is 0 Å². The van der Waals surface area contributed by atoms with Gasteiger partial charge in [-0.1, -0.05) is 11.8 Å². The van der Waals surface area contributed by atoms with E-state index in [4.69, 9.17) is 5.11 Å². The Morgan fingerprint density at radius 1 is 2.00 bits per heavy atom. The van der Waals surface area contributed by atoms with Crippen LogP contribution in [0.2, 0.25) is 0 Å². The van der Waals surface area contributed by atoms with E-state index >= 15 is 0 Å². The zero-order valence-corrected chi connectivity index (χ0v) is 5.97. The number of hydrazine groups is 1. The summed E-state index contributed by atoms with van der Waals surface area (Å²) in [5.41, 5.74) is 4.26. The number of hydrogen-bond acceptors (Lipinski definition) is 5. The van der Waals surface area contributed by atoms with E-state index in [0.29, 0.717) is 5.88 Å². The minimum Gasteiger partial charge on any atom is -0.480 e. The second kappa shape index (κ2) is 3.43. The monoisotopic (exact) mass is 161 g/mol. The zero-order valence-electron chi connectivity index (χ0n) is 5.15. The summed E-state index contributed by atoms with van der Waals surface area (Å²) in [5.74, 6) is -0.208. The van der Waals surface area contributed by atoms with Gasteiger partial charge in [-0.2, -0.15) is 5.10 Å². The Labute approximate surface area is 62.1 Å². The molecule has 0 aromatic rings. The number of rotatable bonds is 3. The first-order valence-corrected chi connectivity index (χ1v) is 3.71. The minimum atomic E-state index is -0.882. The van der Waals surface area contributed by atoms with E-state index in [0.717, 1.165) is 0 Å². The molecule has 1 aliphatic heterocycles. The van der Waals surface area contributed by atoms with Crippen molar-refractivity contribution < 1.29 is 9.90 Å². The SMILES string of the molecule is O=C(O)CNN1CSC=N1. The van der Waals surface area contributed by atoms with Gasteiger partial charge in [0.15, 0.2) is 0 Å². The van der Waals surface area contributed by atoms with Crippen LogP contribution in [0.3, 0.4) is 0 Å². The molecule has 0 bridgehead atoms. The van der Waals surface area contributed by atoms with Crippen molar-refractivity contribution >= 4 is 23.3 Å². The van der Waals surface area contributed by atoms with Gasteiger partial charge in [0.2, 0.25) is 0 Å². The first kappa shape index (κ1) is 7.36. The minimum absolute atomic E-state index is 0.0854. The number of nitrogens with one attached hydrogen (secondary N) is 1. The molecule has 0 aromatic carbocycles. The second-order valence-electron chi connectivity index (χ2n) is 1.64. The van der Waals surface area contributed by atoms with Gasteiger partial charge in [-0.3, -0.25) is 4.79 Å². The third-order valence-electron chi connectivity index (χ3n) is 0.871. The van der Waals surface area contributed by atoms with Crippen LogP contribution in [0.15, 0.2) is 5.10 Å². The van der Waals surface area contributed by atoms with Gasteiger partial charge in [-0.05, 0) is 0 Å². The molecule has 0 fully saturated rings. The molecule has 0 saturated carbocycles. The summed E-state index contributed by atoms with van der Waals surface area (Å²) in [7, 11) is 0. The molecule has 0 radical (unpaired) electrons. The predicted octanol–water partition coefficient (Wildman–Crippen LogP) is -0.475. The molecule has 0 saturated heterocycles. The summed E-state index contributed by atoms with van der Waals surface area (Å²) in [5, 5.41) is 13.5. The summed E-state index contributed by atoms with van der Waals surface area (Å²) in [6.07, 6.45) is 0. The first-order chi connectivity index (χ1) is 4.79. The molecule has 1 aliphatic rings. The number of carbonyl (C=O) groups is 1. The van der Waals surface area contributed by atoms with Gasteiger partial charge in [-0.25, -0.2) is 10.5 Å². The quantitative estimate of drug-likeness (QED) is 0.585. The van der Waals surface area contributed by atoms with Crippen molar-refractivity contribution in [2.24, 2.45) is 5.10 Å². The van der Waals surface area contributed by atoms with Crippen molar-refractivity contribution in [3.8, 4) is 0 Å². The predicted molar refractivity (Wildman–Crippen MR) is 38.4 cm³/mol. The molecule has 10 heavy (non-hydrogen) atoms. The molecule has 5 nitrogen and oxygen atoms in total. The molecule has 6 heteroatoms. The van der Waals surface area contributed by atoms with Gasteiger partial charge in [0.25, 0.3) is 0 Å². The van der Waals surface area contributed by atoms with E-state index in [9.17, 15) is 4.79 Å². The molecule has 2 N–H and O–H groups in total. The zero-order chi connectivity index (χ0) is 7.40. The second-order valence-corrected chi connectivity index (χ2v) is 2.45. The fraction of sp³-hybridized carbons (Fsp3) is 0.500. The largest absolute Gasteiger partial charge is 0.480 e. The highest BCUT2D eigenvalue weighted by atomic mass is 32.2. The molecule has 0 atom stereocenters. The van der Waals surface area contributed by atoms with Crippen LogP contribution >= 0.6 is 11.8 Å². The third-order valence-corrected chi connectivity index (χ3v) is 1.51. The number of hydrogen-bond donors (Lipinski definition) is 2. The van der Waals surface area contributed by atoms with E-state index in [-0.39, 0.29) is 6.54 Å². The van der Waals surface area contributed by atoms with Crippen LogP contribution in [-0.2, 0) is 4.79 Å². The molecule has 1 heterocycles. The molecule has 0 aromatic heterocycles. The Balaban J connectivity index is 2.13. The van der Waals surface area contributed by atoms with Crippen molar-refractivity contribution in [3.05, 3.63) is 0 Å². The lowest BCUT2D eigenvalue weighted by molar-refractivity contribution is -0.136. The summed E-state index contributed by atoms with van der Waals surface area (Å²) in [6.45, 7) is -0.0854. The van der Waals surface area contributed by atoms with Gasteiger partial charge in [0.05, 0.1) is 5.55 Å². The molecule has 56 valence electrons. The Kier molecular flexibility index (Phi) is 2.52. The lowest BCUT2D eigenvalue weighted by Crippen LogP contribution is -2.35. The summed E-state index contributed by atoms with van der Waals surface area (Å²) < 4.78 is 0. The van der Waals surface area contributed by atoms with Crippen LogP contribution < -0.4 is 5.43 Å². The number of hydrazone groups is 1. The number of carboxylic acids is 1. The molecule has 0 spiro atoms. The molecular weight excluding hydrogens is 154 g/mol. The average molecular weight is 161 g/mol. The van der Waals surface area contributed by atoms with Crippen LogP contribution in [0, 0.1) is 0 Å². The van der Waals surface area contributed by atoms with E-state index in [1.807, 2.05) is 0 Å². The Morgan fingerprint density at radius 3 is 3.30 bits per heavy atom. The van der Waals surface area contributed by atoms with Gasteiger partial charge >= 0.3 is 5.97 Å². The maximum absolute atomic E-state index is 10.0. The Morgan fingerprint density at radius 2 is 2.80 bits per heavy atom. The van der Waals surface area contributed by atoms with Crippen LogP contribution in [0.25, 0.3) is 0 Å². The van der Waals surface area contributed by atoms with Gasteiger partial charge in [-0.15, -0.1) is 0 Å². The number of aliphatic carboxylic acids is 1. The van der Waals surface area contributed by atoms with Crippen LogP contribution in [0.5, 0.6) is 0 Å². The van der Waals surface area contributed by atoms with Crippen molar-refractivity contribution in [1.82, 2.24) is 10.5 Å². The Bertz CT molecular complexity index is 161. The summed E-state index contributed by atoms with van der Waals surface area (Å²) in [4.78, 5) is 10.0. The molecular formula is C4H7N3O2S. The van der Waals surface area contributed by atoms with Crippen LogP contribution in [-0.4, -0.2) is 34.2 Å². The normalized spacial score (nSPS) is 16.2. The highest BCUT2D eigenvalue weighted by Gasteiger charge is 2.05. The highest BCUT2D eigenvalue weighted by Crippen LogP contribution is 2.05. The summed E-state index contributed by atoms with van der Waals surface area (Å²) in [6, 6.07) is 0. The first-order valence-electron chi connectivity index (χ1n) is 2.66. The molecule has 1 rings (SSSR count). The van der Waals surface area contributed by atoms with Gasteiger partial charge in [0, 0.05) is 0 Å². The maximum atomic E-state index is 10.0. The fourth-order valence-electron chi connectivity index (χ4n) is 0.473. The van der Waals surface area contributed by atoms with E-state index in [2.05, 4.69) is 10.5 Å². The smallest absolute Gasteiger partial charge is 0.319 e. The molecule has 0 unspecified atom stereocenters. The lowest BCUT2D eigenvalue weighted by Gasteiger charge is -2.11. The van der Waals surface area contributed by atoms with Crippen molar-refractivity contribution in [2.75, 3.05) is 12.4 Å². The number of carboxylic acid groups (broad SMARTS) is 1. The molecule has 0 amide bonds. The van der Waals surface area contributed by atoms with Crippen molar-refractivity contribution in [2.45, 2.75) is 0 Å². The van der Waals surface area contributed by atoms with Gasteiger partial charge in [0.1, 0.15) is 12.4 Å². The lowest BCUT2D eigenvalue weighted by atomic mass is 10.7. The Hall–Kier alpha value is -0.750. The number of nitrogens with zero attached hydrogens (tertiary/aromatic N) is 2. The standard InChI is InChI=1S/C4H7N3O2S/c8-4(9)1-5-7-3-10-2-6-7/h2,5H,1,3H2,(H,8,9). The topological polar surface area (TPSA) is 64.9 Å². The highest BCUT2D eigenvalue weighted by molar-refractivity contribution is 8.12. The van der Waals surface area contributed by atoms with Crippen LogP contribution in [0.1, 0.15) is 0 Å². The summed E-state index contributed by atoms with van der Waals surface area (Å²) >= 11 is 1.51. The van der Waals surface area contributed by atoms with Crippen molar-refractivity contribution in [3.63, 3.8) is 0 Å². The van der Waals surface area contributed by atoms with E-state index in [1.54, 1.807) is 5.55 Å². The molecule has 0 aliphatic carbocycles. The van der Waals surface area contributed by atoms with E-state index < -0.39 is 5.97 Å². The van der Waals surface area contributed by atoms with Crippen LogP contribution in [0.4, 0.5) is 0 Å².